The lowest BCUT2D eigenvalue weighted by molar-refractivity contribution is -0.155. The van der Waals surface area contributed by atoms with Crippen LogP contribution in [0, 0.1) is 18.3 Å². The molecule has 27 heavy (non-hydrogen) atoms. The largest absolute Gasteiger partial charge is 0.495 e. The van der Waals surface area contributed by atoms with E-state index in [0.29, 0.717) is 22.4 Å². The number of nitrogens with zero attached hydrogens (tertiary/aromatic N) is 2. The van der Waals surface area contributed by atoms with Crippen molar-refractivity contribution in [2.24, 2.45) is 0 Å². The molecule has 6 nitrogen and oxygen atoms in total. The van der Waals surface area contributed by atoms with Crippen LogP contribution in [0.4, 0.5) is 0 Å². The van der Waals surface area contributed by atoms with Gasteiger partial charge in [0.05, 0.1) is 25.2 Å². The Bertz CT molecular complexity index is 946. The molecule has 1 aromatic heterocycles. The predicted octanol–water partition coefficient (Wildman–Crippen LogP) is 3.44. The molecule has 1 aromatic carbocycles. The fourth-order valence-corrected chi connectivity index (χ4v) is 2.68. The first-order chi connectivity index (χ1) is 12.6. The van der Waals surface area contributed by atoms with Crippen molar-refractivity contribution in [1.82, 2.24) is 4.57 Å². The van der Waals surface area contributed by atoms with E-state index in [-0.39, 0.29) is 24.5 Å². The third kappa shape index (κ3) is 5.20. The molecular weight excluding hydrogens is 344 g/mol. The molecule has 0 fully saturated rings. The lowest BCUT2D eigenvalue weighted by atomic mass is 9.98. The van der Waals surface area contributed by atoms with E-state index in [2.05, 4.69) is 6.07 Å². The second kappa shape index (κ2) is 8.09. The molecule has 0 aliphatic rings. The zero-order chi connectivity index (χ0) is 20.2. The topological polar surface area (TPSA) is 81.3 Å². The molecule has 0 saturated carbocycles. The third-order valence-corrected chi connectivity index (χ3v) is 3.87. The first-order valence-electron chi connectivity index (χ1n) is 8.66. The number of methoxy groups -OCH3 is 1. The zero-order valence-electron chi connectivity index (χ0n) is 16.3. The van der Waals surface area contributed by atoms with Gasteiger partial charge in [0.15, 0.2) is 0 Å². The highest BCUT2D eigenvalue weighted by Gasteiger charge is 2.17. The highest BCUT2D eigenvalue weighted by molar-refractivity contribution is 5.76. The number of aromatic nitrogens is 1. The molecule has 0 N–H and O–H groups in total. The molecule has 0 atom stereocenters. The molecule has 0 spiro atoms. The second-order valence-corrected chi connectivity index (χ2v) is 7.28. The highest BCUT2D eigenvalue weighted by atomic mass is 16.6. The average Bonchev–Trinajstić information content (AvgIpc) is 2.58. The van der Waals surface area contributed by atoms with Gasteiger partial charge >= 0.3 is 5.97 Å². The van der Waals surface area contributed by atoms with Gasteiger partial charge in [0.2, 0.25) is 0 Å². The van der Waals surface area contributed by atoms with Crippen LogP contribution in [0.5, 0.6) is 5.75 Å². The van der Waals surface area contributed by atoms with Gasteiger partial charge in [-0.15, -0.1) is 0 Å². The molecule has 0 unspecified atom stereocenters. The molecule has 0 aliphatic heterocycles. The number of hydrogen-bond donors (Lipinski definition) is 0. The molecule has 0 aliphatic carbocycles. The lowest BCUT2D eigenvalue weighted by Crippen LogP contribution is -2.26. The summed E-state index contributed by atoms with van der Waals surface area (Å²) in [5, 5.41) is 9.37. The van der Waals surface area contributed by atoms with Crippen LogP contribution in [0.1, 0.15) is 38.3 Å². The number of aryl methyl sites for hydroxylation is 2. The lowest BCUT2D eigenvalue weighted by Gasteiger charge is -2.19. The molecular formula is C21H24N2O4. The maximum Gasteiger partial charge on any atom is 0.308 e. The number of carbonyl (C=O) groups excluding carboxylic acids is 1. The molecule has 6 heteroatoms. The summed E-state index contributed by atoms with van der Waals surface area (Å²) in [6, 6.07) is 8.99. The van der Waals surface area contributed by atoms with Crippen molar-refractivity contribution in [2.75, 3.05) is 7.11 Å². The molecule has 0 bridgehead atoms. The number of ether oxygens (including phenoxy) is 2. The van der Waals surface area contributed by atoms with Crippen molar-refractivity contribution in [3.8, 4) is 22.9 Å². The Labute approximate surface area is 159 Å². The number of carbonyl (C=O) groups is 1. The minimum atomic E-state index is -0.567. The Morgan fingerprint density at radius 3 is 2.52 bits per heavy atom. The Morgan fingerprint density at radius 2 is 1.93 bits per heavy atom. The van der Waals surface area contributed by atoms with E-state index >= 15 is 0 Å². The summed E-state index contributed by atoms with van der Waals surface area (Å²) in [6.07, 6.45) is 1.64. The van der Waals surface area contributed by atoms with Crippen molar-refractivity contribution >= 4 is 5.97 Å². The van der Waals surface area contributed by atoms with Gasteiger partial charge in [-0.2, -0.15) is 5.26 Å². The normalized spacial score (nSPS) is 11.0. The van der Waals surface area contributed by atoms with E-state index in [4.69, 9.17) is 9.47 Å². The molecule has 0 saturated heterocycles. The maximum atomic E-state index is 12.5. The summed E-state index contributed by atoms with van der Waals surface area (Å²) >= 11 is 0. The Balaban J connectivity index is 2.36. The van der Waals surface area contributed by atoms with E-state index in [0.717, 1.165) is 5.56 Å². The monoisotopic (exact) mass is 368 g/mol. The first-order valence-corrected chi connectivity index (χ1v) is 8.66. The molecule has 0 amide bonds. The Kier molecular flexibility index (Phi) is 6.06. The van der Waals surface area contributed by atoms with Crippen LogP contribution in [0.25, 0.3) is 11.1 Å². The van der Waals surface area contributed by atoms with E-state index in [1.807, 2.05) is 19.1 Å². The second-order valence-electron chi connectivity index (χ2n) is 7.28. The minimum absolute atomic E-state index is 0.0770. The zero-order valence-corrected chi connectivity index (χ0v) is 16.3. The molecule has 2 rings (SSSR count). The first kappa shape index (κ1) is 20.2. The minimum Gasteiger partial charge on any atom is -0.495 e. The van der Waals surface area contributed by atoms with Gasteiger partial charge in [-0.3, -0.25) is 9.59 Å². The van der Waals surface area contributed by atoms with E-state index in [9.17, 15) is 14.9 Å². The summed E-state index contributed by atoms with van der Waals surface area (Å²) in [5.41, 5.74) is 1.79. The van der Waals surface area contributed by atoms with Gasteiger partial charge in [0.25, 0.3) is 5.56 Å². The van der Waals surface area contributed by atoms with Crippen LogP contribution >= 0.6 is 0 Å². The smallest absolute Gasteiger partial charge is 0.308 e. The van der Waals surface area contributed by atoms with Crippen molar-refractivity contribution in [3.63, 3.8) is 0 Å². The summed E-state index contributed by atoms with van der Waals surface area (Å²) in [4.78, 5) is 24.4. The molecule has 1 heterocycles. The summed E-state index contributed by atoms with van der Waals surface area (Å²) in [6.45, 7) is 7.49. The van der Waals surface area contributed by atoms with Crippen molar-refractivity contribution in [2.45, 2.75) is 46.3 Å². The van der Waals surface area contributed by atoms with E-state index < -0.39 is 5.60 Å². The SMILES string of the molecule is COc1cn(CCC(=O)OC(C)(C)C)c(=O)cc1-c1cc(C)ccc1C#N. The van der Waals surface area contributed by atoms with Crippen molar-refractivity contribution < 1.29 is 14.3 Å². The van der Waals surface area contributed by atoms with Crippen LogP contribution in [-0.2, 0) is 16.1 Å². The number of esters is 1. The number of pyridine rings is 1. The fourth-order valence-electron chi connectivity index (χ4n) is 2.68. The predicted molar refractivity (Wildman–Crippen MR) is 103 cm³/mol. The standard InChI is InChI=1S/C21H24N2O4/c1-14-6-7-15(12-22)16(10-14)17-11-19(24)23(13-18(17)26-5)9-8-20(25)27-21(2,3)4/h6-7,10-11,13H,8-9H2,1-5H3. The number of hydrogen-bond acceptors (Lipinski definition) is 5. The van der Waals surface area contributed by atoms with E-state index in [1.165, 1.54) is 17.7 Å². The molecule has 142 valence electrons. The summed E-state index contributed by atoms with van der Waals surface area (Å²) in [5.74, 6) is 0.0868. The number of nitriles is 1. The average molecular weight is 368 g/mol. The van der Waals surface area contributed by atoms with Gasteiger partial charge < -0.3 is 14.0 Å². The van der Waals surface area contributed by atoms with Gasteiger partial charge in [0.1, 0.15) is 11.4 Å². The molecule has 0 radical (unpaired) electrons. The van der Waals surface area contributed by atoms with Crippen LogP contribution in [0.3, 0.4) is 0 Å². The Hall–Kier alpha value is -3.07. The maximum absolute atomic E-state index is 12.5. The van der Waals surface area contributed by atoms with Crippen LogP contribution < -0.4 is 10.3 Å². The van der Waals surface area contributed by atoms with Crippen molar-refractivity contribution in [1.29, 1.82) is 5.26 Å². The highest BCUT2D eigenvalue weighted by Crippen LogP contribution is 2.31. The quantitative estimate of drug-likeness (QED) is 0.755. The summed E-state index contributed by atoms with van der Waals surface area (Å²) < 4.78 is 12.1. The third-order valence-electron chi connectivity index (χ3n) is 3.87. The molecule has 2 aromatic rings. The fraction of sp³-hybridized carbons (Fsp3) is 0.381. The van der Waals surface area contributed by atoms with Gasteiger partial charge in [-0.05, 0) is 39.8 Å². The van der Waals surface area contributed by atoms with Crippen molar-refractivity contribution in [3.05, 3.63) is 51.9 Å². The van der Waals surface area contributed by atoms with Gasteiger partial charge in [0, 0.05) is 29.9 Å². The van der Waals surface area contributed by atoms with E-state index in [1.54, 1.807) is 33.0 Å². The Morgan fingerprint density at radius 1 is 1.22 bits per heavy atom. The number of benzene rings is 1. The van der Waals surface area contributed by atoms with Crippen LogP contribution in [-0.4, -0.2) is 23.2 Å². The number of rotatable bonds is 5. The van der Waals surface area contributed by atoms with Crippen LogP contribution in [0.2, 0.25) is 0 Å². The summed E-state index contributed by atoms with van der Waals surface area (Å²) in [7, 11) is 1.50. The van der Waals surface area contributed by atoms with Gasteiger partial charge in [-0.1, -0.05) is 11.6 Å². The van der Waals surface area contributed by atoms with Crippen LogP contribution in [0.15, 0.2) is 35.3 Å². The van der Waals surface area contributed by atoms with Gasteiger partial charge in [-0.25, -0.2) is 0 Å².